The Balaban J connectivity index is 1.72. The predicted octanol–water partition coefficient (Wildman–Crippen LogP) is 4.03. The molecule has 7 heteroatoms. The number of nitrogens with one attached hydrogen (secondary N) is 1. The van der Waals surface area contributed by atoms with E-state index in [0.29, 0.717) is 40.1 Å². The van der Waals surface area contributed by atoms with Gasteiger partial charge in [0.25, 0.3) is 11.5 Å². The fourth-order valence-corrected chi connectivity index (χ4v) is 3.41. The number of nitrogens with zero attached hydrogens (tertiary/aromatic N) is 2. The molecule has 2 aromatic heterocycles. The van der Waals surface area contributed by atoms with Crippen LogP contribution in [0.15, 0.2) is 76.1 Å². The lowest BCUT2D eigenvalue weighted by Crippen LogP contribution is -2.30. The lowest BCUT2D eigenvalue weighted by atomic mass is 10.1. The number of rotatable bonds is 5. The number of fused-ring (bicyclic) bond motifs is 1. The largest absolute Gasteiger partial charge is 0.467 e. The van der Waals surface area contributed by atoms with Crippen molar-refractivity contribution in [2.24, 2.45) is 7.05 Å². The number of hydrogen-bond donors (Lipinski definition) is 1. The summed E-state index contributed by atoms with van der Waals surface area (Å²) in [6.45, 7) is 0.774. The highest BCUT2D eigenvalue weighted by Gasteiger charge is 2.19. The summed E-state index contributed by atoms with van der Waals surface area (Å²) < 4.78 is 7.13. The number of carbonyl (C=O) groups is 1. The van der Waals surface area contributed by atoms with E-state index in [4.69, 9.17) is 16.6 Å². The molecule has 0 bridgehead atoms. The van der Waals surface area contributed by atoms with Crippen LogP contribution in [0.1, 0.15) is 21.7 Å². The van der Waals surface area contributed by atoms with Crippen LogP contribution in [0.25, 0.3) is 10.9 Å². The van der Waals surface area contributed by atoms with E-state index in [2.05, 4.69) is 4.98 Å². The second-order valence-corrected chi connectivity index (χ2v) is 7.17. The van der Waals surface area contributed by atoms with Gasteiger partial charge in [-0.2, -0.15) is 0 Å². The molecule has 29 heavy (non-hydrogen) atoms. The molecule has 0 unspecified atom stereocenters. The van der Waals surface area contributed by atoms with Crippen LogP contribution < -0.4 is 5.56 Å². The van der Waals surface area contributed by atoms with E-state index in [1.807, 2.05) is 36.4 Å². The van der Waals surface area contributed by atoms with Gasteiger partial charge in [-0.3, -0.25) is 14.2 Å². The van der Waals surface area contributed by atoms with E-state index in [-0.39, 0.29) is 11.5 Å². The molecule has 0 fully saturated rings. The average Bonchev–Trinajstić information content (AvgIpc) is 3.25. The number of hydrogen-bond acceptors (Lipinski definition) is 4. The first kappa shape index (κ1) is 18.9. The van der Waals surface area contributed by atoms with Gasteiger partial charge >= 0.3 is 0 Å². The molecule has 1 N–H and O–H groups in total. The molecule has 4 aromatic rings. The summed E-state index contributed by atoms with van der Waals surface area (Å²) in [4.78, 5) is 30.4. The molecule has 0 saturated carbocycles. The van der Waals surface area contributed by atoms with Gasteiger partial charge in [0.05, 0.1) is 23.7 Å². The third-order valence-corrected chi connectivity index (χ3v) is 5.15. The van der Waals surface area contributed by atoms with E-state index < -0.39 is 0 Å². The lowest BCUT2D eigenvalue weighted by Gasteiger charge is -2.22. The van der Waals surface area contributed by atoms with Crippen molar-refractivity contribution in [3.63, 3.8) is 0 Å². The maximum absolute atomic E-state index is 13.3. The van der Waals surface area contributed by atoms with E-state index in [9.17, 15) is 9.59 Å². The normalized spacial score (nSPS) is 10.9. The summed E-state index contributed by atoms with van der Waals surface area (Å²) in [7, 11) is 1.62. The van der Waals surface area contributed by atoms with Crippen molar-refractivity contribution >= 4 is 29.0 Å². The van der Waals surface area contributed by atoms with Crippen molar-refractivity contribution in [3.8, 4) is 0 Å². The minimum atomic E-state index is -0.195. The van der Waals surface area contributed by atoms with Crippen molar-refractivity contribution in [2.75, 3.05) is 0 Å². The van der Waals surface area contributed by atoms with Gasteiger partial charge in [-0.15, -0.1) is 0 Å². The van der Waals surface area contributed by atoms with Crippen LogP contribution in [0.2, 0.25) is 0 Å². The molecule has 2 heterocycles. The van der Waals surface area contributed by atoms with E-state index in [1.54, 1.807) is 42.5 Å². The molecule has 6 nitrogen and oxygen atoms in total. The van der Waals surface area contributed by atoms with Crippen LogP contribution in [0.5, 0.6) is 0 Å². The second kappa shape index (κ2) is 7.89. The van der Waals surface area contributed by atoms with Gasteiger partial charge in [-0.1, -0.05) is 30.3 Å². The molecule has 0 radical (unpaired) electrons. The summed E-state index contributed by atoms with van der Waals surface area (Å²) in [6, 6.07) is 18.4. The maximum atomic E-state index is 13.3. The minimum Gasteiger partial charge on any atom is -0.467 e. The molecule has 0 atom stereocenters. The molecule has 0 aliphatic heterocycles. The van der Waals surface area contributed by atoms with Gasteiger partial charge < -0.3 is 14.3 Å². The third kappa shape index (κ3) is 3.90. The summed E-state index contributed by atoms with van der Waals surface area (Å²) in [5.74, 6) is 0.537. The topological polar surface area (TPSA) is 71.2 Å². The van der Waals surface area contributed by atoms with Crippen LogP contribution in [-0.4, -0.2) is 20.4 Å². The molecule has 0 saturated heterocycles. The minimum absolute atomic E-state index is 0.160. The Kier molecular flexibility index (Phi) is 5.14. The SMILES string of the molecule is Cn1c(=S)[nH]c2cc(C(=O)N(Cc3ccccc3)Cc3ccco3)ccc2c1=O. The number of benzene rings is 2. The van der Waals surface area contributed by atoms with Gasteiger partial charge in [-0.25, -0.2) is 0 Å². The van der Waals surface area contributed by atoms with Gasteiger partial charge in [-0.05, 0) is 48.1 Å². The van der Waals surface area contributed by atoms with E-state index in [0.717, 1.165) is 5.56 Å². The first-order valence-corrected chi connectivity index (χ1v) is 9.52. The molecule has 2 aromatic carbocycles. The van der Waals surface area contributed by atoms with Gasteiger partial charge in [0.15, 0.2) is 4.77 Å². The Labute approximate surface area is 172 Å². The second-order valence-electron chi connectivity index (χ2n) is 6.78. The Morgan fingerprint density at radius 2 is 1.90 bits per heavy atom. The maximum Gasteiger partial charge on any atom is 0.261 e. The Bertz CT molecular complexity index is 1270. The van der Waals surface area contributed by atoms with E-state index >= 15 is 0 Å². The average molecular weight is 405 g/mol. The standard InChI is InChI=1S/C22H19N3O3S/c1-24-21(27)18-10-9-16(12-19(18)23-22(24)29)20(26)25(14-17-8-5-11-28-17)13-15-6-3-2-4-7-15/h2-12H,13-14H2,1H3,(H,23,29). The molecule has 4 rings (SSSR count). The number of aromatic nitrogens is 2. The highest BCUT2D eigenvalue weighted by molar-refractivity contribution is 7.71. The summed E-state index contributed by atoms with van der Waals surface area (Å²) in [6.07, 6.45) is 1.59. The number of aromatic amines is 1. The zero-order chi connectivity index (χ0) is 20.4. The molecule has 146 valence electrons. The van der Waals surface area contributed by atoms with Crippen LogP contribution in [0.3, 0.4) is 0 Å². The van der Waals surface area contributed by atoms with Crippen LogP contribution in [0.4, 0.5) is 0 Å². The quantitative estimate of drug-likeness (QED) is 0.509. The highest BCUT2D eigenvalue weighted by atomic mass is 32.1. The first-order valence-electron chi connectivity index (χ1n) is 9.11. The monoisotopic (exact) mass is 405 g/mol. The zero-order valence-electron chi connectivity index (χ0n) is 15.8. The fourth-order valence-electron chi connectivity index (χ4n) is 3.22. The Hall–Kier alpha value is -3.45. The molecular weight excluding hydrogens is 386 g/mol. The van der Waals surface area contributed by atoms with Crippen LogP contribution >= 0.6 is 12.2 Å². The predicted molar refractivity (Wildman–Crippen MR) is 113 cm³/mol. The van der Waals surface area contributed by atoms with Crippen molar-refractivity contribution in [1.29, 1.82) is 0 Å². The summed E-state index contributed by atoms with van der Waals surface area (Å²) in [5.41, 5.74) is 1.83. The van der Waals surface area contributed by atoms with Crippen molar-refractivity contribution in [3.05, 3.63) is 98.9 Å². The number of H-pyrrole nitrogens is 1. The Morgan fingerprint density at radius 1 is 1.10 bits per heavy atom. The molecule has 1 amide bonds. The van der Waals surface area contributed by atoms with Crippen LogP contribution in [0, 0.1) is 4.77 Å². The first-order chi connectivity index (χ1) is 14.0. The molecular formula is C22H19N3O3S. The van der Waals surface area contributed by atoms with Gasteiger partial charge in [0.2, 0.25) is 0 Å². The van der Waals surface area contributed by atoms with Crippen molar-refractivity contribution < 1.29 is 9.21 Å². The third-order valence-electron chi connectivity index (χ3n) is 4.78. The summed E-state index contributed by atoms with van der Waals surface area (Å²) in [5, 5.41) is 0.485. The molecule has 0 aliphatic carbocycles. The smallest absolute Gasteiger partial charge is 0.261 e. The Morgan fingerprint density at radius 3 is 2.62 bits per heavy atom. The van der Waals surface area contributed by atoms with Gasteiger partial charge in [0, 0.05) is 19.2 Å². The van der Waals surface area contributed by atoms with Crippen molar-refractivity contribution in [1.82, 2.24) is 14.5 Å². The number of furan rings is 1. The molecule has 0 spiro atoms. The number of amides is 1. The van der Waals surface area contributed by atoms with Crippen LogP contribution in [-0.2, 0) is 20.1 Å². The highest BCUT2D eigenvalue weighted by Crippen LogP contribution is 2.17. The number of carbonyl (C=O) groups excluding carboxylic acids is 1. The lowest BCUT2D eigenvalue weighted by molar-refractivity contribution is 0.0718. The van der Waals surface area contributed by atoms with Crippen molar-refractivity contribution in [2.45, 2.75) is 13.1 Å². The summed E-state index contributed by atoms with van der Waals surface area (Å²) >= 11 is 5.19. The van der Waals surface area contributed by atoms with Gasteiger partial charge in [0.1, 0.15) is 5.76 Å². The zero-order valence-corrected chi connectivity index (χ0v) is 16.6. The molecule has 0 aliphatic rings. The fraction of sp³-hybridized carbons (Fsp3) is 0.136. The van der Waals surface area contributed by atoms with E-state index in [1.165, 1.54) is 4.57 Å².